The summed E-state index contributed by atoms with van der Waals surface area (Å²) in [5.41, 5.74) is -2.28. The molecule has 0 unspecified atom stereocenters. The summed E-state index contributed by atoms with van der Waals surface area (Å²) in [4.78, 5) is 61.5. The Hall–Kier alpha value is -2.98. The summed E-state index contributed by atoms with van der Waals surface area (Å²) in [6.45, 7) is 3.58. The summed E-state index contributed by atoms with van der Waals surface area (Å²) in [6.07, 6.45) is 6.00. The summed E-state index contributed by atoms with van der Waals surface area (Å²) in [5.74, 6) is -1.88. The molecule has 1 rings (SSSR count). The largest absolute Gasteiger partial charge is 0.350 e. The lowest BCUT2D eigenvalue weighted by Crippen LogP contribution is -2.48. The molecule has 10 nitrogen and oxygen atoms in total. The topological polar surface area (TPSA) is 133 Å². The first kappa shape index (κ1) is 25.1. The Kier molecular flexibility index (Phi) is 10.5. The minimum Gasteiger partial charge on any atom is -0.350 e. The molecule has 0 saturated carbocycles. The summed E-state index contributed by atoms with van der Waals surface area (Å²) >= 11 is 0. The van der Waals surface area contributed by atoms with Gasteiger partial charge >= 0.3 is 11.7 Å². The summed E-state index contributed by atoms with van der Waals surface area (Å²) < 4.78 is 13.8. The predicted octanol–water partition coefficient (Wildman–Crippen LogP) is 0.557. The number of unbranched alkanes of at least 4 members (excludes halogenated alkanes) is 4. The first-order chi connectivity index (χ1) is 14.1. The number of rotatable bonds is 11. The number of halogens is 1. The quantitative estimate of drug-likeness (QED) is 0.444. The molecule has 1 atom stereocenters. The number of carbonyl (C=O) groups is 3. The minimum absolute atomic E-state index is 0.0170. The van der Waals surface area contributed by atoms with Crippen LogP contribution < -0.4 is 21.9 Å². The number of hydrogen-bond donors (Lipinski definition) is 3. The molecule has 1 aromatic rings. The summed E-state index contributed by atoms with van der Waals surface area (Å²) in [6, 6.07) is -1.37. The SMILES string of the molecule is CCCCCCCC(=O)NCC(=O)N[C@H](C)CN(C)C(=O)n1cc(F)c(=O)[nH]c1=O. The number of aromatic amines is 1. The van der Waals surface area contributed by atoms with Crippen LogP contribution in [0.5, 0.6) is 0 Å². The first-order valence-corrected chi connectivity index (χ1v) is 9.98. The van der Waals surface area contributed by atoms with Crippen molar-refractivity contribution in [1.82, 2.24) is 25.1 Å². The molecule has 0 saturated heterocycles. The van der Waals surface area contributed by atoms with Crippen LogP contribution in [0.2, 0.25) is 0 Å². The number of hydrogen-bond acceptors (Lipinski definition) is 5. The van der Waals surface area contributed by atoms with Crippen LogP contribution in [0.4, 0.5) is 9.18 Å². The van der Waals surface area contributed by atoms with Crippen LogP contribution in [0.1, 0.15) is 52.4 Å². The molecule has 30 heavy (non-hydrogen) atoms. The van der Waals surface area contributed by atoms with Gasteiger partial charge in [-0.15, -0.1) is 0 Å². The molecule has 0 aliphatic heterocycles. The molecule has 0 fully saturated rings. The standard InChI is InChI=1S/C19H30FN5O5/c1-4-5-6-7-8-9-15(26)21-10-16(27)22-13(2)11-24(3)19(30)25-12-14(20)17(28)23-18(25)29/h12-13H,4-11H2,1-3H3,(H,21,26)(H,22,27)(H,23,28,29)/t13-/m1/s1. The number of H-pyrrole nitrogens is 1. The highest BCUT2D eigenvalue weighted by atomic mass is 19.1. The van der Waals surface area contributed by atoms with Gasteiger partial charge in [-0.1, -0.05) is 32.6 Å². The summed E-state index contributed by atoms with van der Waals surface area (Å²) in [5, 5.41) is 5.17. The summed E-state index contributed by atoms with van der Waals surface area (Å²) in [7, 11) is 1.36. The normalized spacial score (nSPS) is 11.6. The minimum atomic E-state index is -1.26. The van der Waals surface area contributed by atoms with E-state index in [2.05, 4.69) is 17.6 Å². The number of nitrogens with zero attached hydrogens (tertiary/aromatic N) is 2. The molecule has 3 amide bonds. The molecule has 168 valence electrons. The van der Waals surface area contributed by atoms with Gasteiger partial charge in [-0.25, -0.2) is 14.2 Å². The molecule has 0 spiro atoms. The van der Waals surface area contributed by atoms with E-state index in [9.17, 15) is 28.4 Å². The Bertz CT molecular complexity index is 850. The van der Waals surface area contributed by atoms with Gasteiger partial charge in [0.25, 0.3) is 5.56 Å². The van der Waals surface area contributed by atoms with Gasteiger partial charge in [0.15, 0.2) is 0 Å². The Morgan fingerprint density at radius 2 is 1.83 bits per heavy atom. The molecule has 3 N–H and O–H groups in total. The number of amides is 3. The Labute approximate surface area is 173 Å². The van der Waals surface area contributed by atoms with E-state index >= 15 is 0 Å². The number of likely N-dealkylation sites (N-methyl/N-ethyl adjacent to an activating group) is 1. The van der Waals surface area contributed by atoms with Crippen molar-refractivity contribution < 1.29 is 18.8 Å². The fourth-order valence-corrected chi connectivity index (χ4v) is 2.79. The van der Waals surface area contributed by atoms with Gasteiger partial charge in [0, 0.05) is 26.1 Å². The fourth-order valence-electron chi connectivity index (χ4n) is 2.79. The highest BCUT2D eigenvalue weighted by Crippen LogP contribution is 2.04. The second-order valence-corrected chi connectivity index (χ2v) is 7.18. The van der Waals surface area contributed by atoms with Crippen LogP contribution in [-0.4, -0.2) is 58.5 Å². The number of aromatic nitrogens is 2. The van der Waals surface area contributed by atoms with Crippen LogP contribution in [0.15, 0.2) is 15.8 Å². The average molecular weight is 427 g/mol. The van der Waals surface area contributed by atoms with Crippen molar-refractivity contribution in [1.29, 1.82) is 0 Å². The van der Waals surface area contributed by atoms with Crippen LogP contribution in [0.3, 0.4) is 0 Å². The first-order valence-electron chi connectivity index (χ1n) is 9.98. The van der Waals surface area contributed by atoms with Crippen molar-refractivity contribution in [2.24, 2.45) is 0 Å². The molecule has 1 heterocycles. The van der Waals surface area contributed by atoms with Crippen molar-refractivity contribution in [2.45, 2.75) is 58.4 Å². The van der Waals surface area contributed by atoms with Gasteiger partial charge in [0.05, 0.1) is 12.7 Å². The highest BCUT2D eigenvalue weighted by molar-refractivity contribution is 5.84. The van der Waals surface area contributed by atoms with Crippen LogP contribution >= 0.6 is 0 Å². The van der Waals surface area contributed by atoms with E-state index in [1.807, 2.05) is 0 Å². The van der Waals surface area contributed by atoms with Crippen molar-refractivity contribution in [2.75, 3.05) is 20.1 Å². The van der Waals surface area contributed by atoms with Crippen molar-refractivity contribution >= 4 is 17.8 Å². The number of carbonyl (C=O) groups excluding carboxylic acids is 3. The molecule has 0 aliphatic rings. The van der Waals surface area contributed by atoms with Gasteiger partial charge in [0.1, 0.15) is 0 Å². The average Bonchev–Trinajstić information content (AvgIpc) is 2.68. The van der Waals surface area contributed by atoms with E-state index in [1.54, 1.807) is 11.9 Å². The molecule has 0 aromatic carbocycles. The molecule has 0 radical (unpaired) electrons. The third-order valence-electron chi connectivity index (χ3n) is 4.34. The van der Waals surface area contributed by atoms with Crippen LogP contribution in [0, 0.1) is 5.82 Å². The Morgan fingerprint density at radius 1 is 1.17 bits per heavy atom. The van der Waals surface area contributed by atoms with Crippen LogP contribution in [0.25, 0.3) is 0 Å². The van der Waals surface area contributed by atoms with E-state index in [4.69, 9.17) is 0 Å². The fraction of sp³-hybridized carbons (Fsp3) is 0.632. The van der Waals surface area contributed by atoms with E-state index in [0.717, 1.165) is 37.0 Å². The molecular weight excluding hydrogens is 397 g/mol. The van der Waals surface area contributed by atoms with Gasteiger partial charge < -0.3 is 15.5 Å². The van der Waals surface area contributed by atoms with Crippen molar-refractivity contribution in [3.63, 3.8) is 0 Å². The maximum Gasteiger partial charge on any atom is 0.336 e. The second kappa shape index (κ2) is 12.6. The maximum absolute atomic E-state index is 13.3. The Balaban J connectivity index is 2.41. The van der Waals surface area contributed by atoms with Gasteiger partial charge in [-0.2, -0.15) is 4.39 Å². The predicted molar refractivity (Wildman–Crippen MR) is 109 cm³/mol. The van der Waals surface area contributed by atoms with Crippen LogP contribution in [-0.2, 0) is 9.59 Å². The maximum atomic E-state index is 13.3. The smallest absolute Gasteiger partial charge is 0.336 e. The Morgan fingerprint density at radius 3 is 2.50 bits per heavy atom. The number of nitrogens with one attached hydrogen (secondary N) is 3. The van der Waals surface area contributed by atoms with E-state index in [-0.39, 0.29) is 19.0 Å². The highest BCUT2D eigenvalue weighted by Gasteiger charge is 2.18. The molecule has 0 aliphatic carbocycles. The lowest BCUT2D eigenvalue weighted by atomic mass is 10.1. The second-order valence-electron chi connectivity index (χ2n) is 7.18. The third kappa shape index (κ3) is 8.58. The monoisotopic (exact) mass is 427 g/mol. The van der Waals surface area contributed by atoms with Crippen molar-refractivity contribution in [3.05, 3.63) is 32.9 Å². The zero-order chi connectivity index (χ0) is 22.7. The third-order valence-corrected chi connectivity index (χ3v) is 4.34. The lowest BCUT2D eigenvalue weighted by Gasteiger charge is -2.22. The molecule has 1 aromatic heterocycles. The van der Waals surface area contributed by atoms with E-state index in [1.165, 1.54) is 7.05 Å². The molecule has 11 heteroatoms. The van der Waals surface area contributed by atoms with Gasteiger partial charge in [0.2, 0.25) is 17.6 Å². The zero-order valence-electron chi connectivity index (χ0n) is 17.6. The van der Waals surface area contributed by atoms with Gasteiger partial charge in [-0.05, 0) is 13.3 Å². The molecular formula is C19H30FN5O5. The van der Waals surface area contributed by atoms with E-state index < -0.39 is 35.0 Å². The van der Waals surface area contributed by atoms with Gasteiger partial charge in [-0.3, -0.25) is 19.4 Å². The van der Waals surface area contributed by atoms with Crippen molar-refractivity contribution in [3.8, 4) is 0 Å². The zero-order valence-corrected chi connectivity index (χ0v) is 17.6. The van der Waals surface area contributed by atoms with E-state index in [0.29, 0.717) is 17.2 Å². The molecule has 0 bridgehead atoms. The lowest BCUT2D eigenvalue weighted by molar-refractivity contribution is -0.126.